The molecule has 7 heteroatoms. The first kappa shape index (κ1) is 15.7. The van der Waals surface area contributed by atoms with Gasteiger partial charge >= 0.3 is 0 Å². The molecule has 2 amide bonds. The summed E-state index contributed by atoms with van der Waals surface area (Å²) >= 11 is 0. The third-order valence-corrected chi connectivity index (χ3v) is 4.87. The van der Waals surface area contributed by atoms with Gasteiger partial charge < -0.3 is 19.3 Å². The van der Waals surface area contributed by atoms with Gasteiger partial charge in [0.2, 0.25) is 11.8 Å². The normalized spacial score (nSPS) is 25.7. The minimum absolute atomic E-state index is 0.115. The van der Waals surface area contributed by atoms with Crippen LogP contribution < -0.4 is 0 Å². The number of hydrogen-bond acceptors (Lipinski definition) is 5. The van der Waals surface area contributed by atoms with Gasteiger partial charge in [-0.15, -0.1) is 0 Å². The molecule has 0 N–H and O–H groups in total. The van der Waals surface area contributed by atoms with Crippen molar-refractivity contribution in [3.05, 3.63) is 0 Å². The molecular formula is C15H25N3O4. The van der Waals surface area contributed by atoms with E-state index >= 15 is 0 Å². The van der Waals surface area contributed by atoms with Crippen LogP contribution in [0.25, 0.3) is 0 Å². The maximum Gasteiger partial charge on any atom is 0.236 e. The van der Waals surface area contributed by atoms with Crippen molar-refractivity contribution in [2.45, 2.75) is 25.6 Å². The highest BCUT2D eigenvalue weighted by atomic mass is 16.7. The number of carbonyl (C=O) groups is 2. The molecule has 0 aromatic rings. The largest absolute Gasteiger partial charge is 0.347 e. The molecule has 0 bridgehead atoms. The third-order valence-electron chi connectivity index (χ3n) is 4.87. The molecule has 3 aliphatic heterocycles. The Morgan fingerprint density at radius 2 is 1.50 bits per heavy atom. The van der Waals surface area contributed by atoms with Gasteiger partial charge in [-0.3, -0.25) is 14.5 Å². The van der Waals surface area contributed by atoms with Crippen molar-refractivity contribution in [2.75, 3.05) is 59.0 Å². The number of piperazine rings is 1. The van der Waals surface area contributed by atoms with E-state index in [4.69, 9.17) is 9.47 Å². The van der Waals surface area contributed by atoms with Gasteiger partial charge in [-0.1, -0.05) is 0 Å². The first-order valence-corrected chi connectivity index (χ1v) is 8.12. The van der Waals surface area contributed by atoms with Crippen molar-refractivity contribution in [1.29, 1.82) is 0 Å². The van der Waals surface area contributed by atoms with Crippen LogP contribution >= 0.6 is 0 Å². The number of ether oxygens (including phenoxy) is 2. The number of carbonyl (C=O) groups excluding carboxylic acids is 2. The lowest BCUT2D eigenvalue weighted by Gasteiger charge is -2.39. The molecule has 0 aromatic carbocycles. The lowest BCUT2D eigenvalue weighted by molar-refractivity contribution is -0.187. The SMILES string of the molecule is CC(=O)N1CCN(CC(=O)N2CCC3(CC2)OCCO3)CC1. The summed E-state index contributed by atoms with van der Waals surface area (Å²) in [6.45, 7) is 7.74. The van der Waals surface area contributed by atoms with Crippen LogP contribution in [-0.2, 0) is 19.1 Å². The molecule has 124 valence electrons. The van der Waals surface area contributed by atoms with Crippen molar-refractivity contribution >= 4 is 11.8 Å². The smallest absolute Gasteiger partial charge is 0.236 e. The van der Waals surface area contributed by atoms with Gasteiger partial charge in [0.15, 0.2) is 5.79 Å². The van der Waals surface area contributed by atoms with Crippen LogP contribution in [0.4, 0.5) is 0 Å². The molecule has 3 rings (SSSR count). The predicted octanol–water partition coefficient (Wildman–Crippen LogP) is -0.484. The summed E-state index contributed by atoms with van der Waals surface area (Å²) in [6, 6.07) is 0. The van der Waals surface area contributed by atoms with Gasteiger partial charge in [0.25, 0.3) is 0 Å². The Kier molecular flexibility index (Phi) is 4.65. The van der Waals surface area contributed by atoms with Gasteiger partial charge in [0.1, 0.15) is 0 Å². The van der Waals surface area contributed by atoms with Crippen molar-refractivity contribution in [1.82, 2.24) is 14.7 Å². The van der Waals surface area contributed by atoms with Crippen LogP contribution in [0.3, 0.4) is 0 Å². The number of likely N-dealkylation sites (tertiary alicyclic amines) is 1. The Morgan fingerprint density at radius 3 is 2.05 bits per heavy atom. The second-order valence-electron chi connectivity index (χ2n) is 6.27. The highest BCUT2D eigenvalue weighted by molar-refractivity contribution is 5.78. The van der Waals surface area contributed by atoms with Gasteiger partial charge in [-0.05, 0) is 0 Å². The summed E-state index contributed by atoms with van der Waals surface area (Å²) < 4.78 is 11.4. The third kappa shape index (κ3) is 3.42. The topological polar surface area (TPSA) is 62.3 Å². The minimum atomic E-state index is -0.427. The summed E-state index contributed by atoms with van der Waals surface area (Å²) in [7, 11) is 0. The predicted molar refractivity (Wildman–Crippen MR) is 79.1 cm³/mol. The van der Waals surface area contributed by atoms with E-state index in [1.54, 1.807) is 6.92 Å². The number of hydrogen-bond donors (Lipinski definition) is 0. The molecule has 0 aromatic heterocycles. The van der Waals surface area contributed by atoms with E-state index in [1.807, 2.05) is 9.80 Å². The van der Waals surface area contributed by atoms with Crippen molar-refractivity contribution in [3.63, 3.8) is 0 Å². The second kappa shape index (κ2) is 6.52. The summed E-state index contributed by atoms with van der Waals surface area (Å²) in [5.74, 6) is -0.142. The standard InChI is InChI=1S/C15H25N3O4/c1-13(19)17-8-6-16(7-9-17)12-14(20)18-4-2-15(3-5-18)21-10-11-22-15/h2-12H2,1H3. The maximum absolute atomic E-state index is 12.4. The fourth-order valence-corrected chi connectivity index (χ4v) is 3.39. The van der Waals surface area contributed by atoms with Crippen molar-refractivity contribution < 1.29 is 19.1 Å². The Hall–Kier alpha value is -1.18. The van der Waals surface area contributed by atoms with Crippen LogP contribution in [-0.4, -0.2) is 91.3 Å². The minimum Gasteiger partial charge on any atom is -0.347 e. The molecule has 3 aliphatic rings. The van der Waals surface area contributed by atoms with Crippen LogP contribution in [0, 0.1) is 0 Å². The molecule has 3 saturated heterocycles. The summed E-state index contributed by atoms with van der Waals surface area (Å²) in [4.78, 5) is 29.6. The van der Waals surface area contributed by atoms with Crippen LogP contribution in [0.5, 0.6) is 0 Å². The Bertz CT molecular complexity index is 419. The monoisotopic (exact) mass is 311 g/mol. The highest BCUT2D eigenvalue weighted by Crippen LogP contribution is 2.31. The van der Waals surface area contributed by atoms with Gasteiger partial charge in [0, 0.05) is 59.0 Å². The van der Waals surface area contributed by atoms with Crippen LogP contribution in [0.1, 0.15) is 19.8 Å². The highest BCUT2D eigenvalue weighted by Gasteiger charge is 2.40. The van der Waals surface area contributed by atoms with Crippen LogP contribution in [0.2, 0.25) is 0 Å². The molecule has 7 nitrogen and oxygen atoms in total. The van der Waals surface area contributed by atoms with Gasteiger partial charge in [0.05, 0.1) is 19.8 Å². The average molecular weight is 311 g/mol. The quantitative estimate of drug-likeness (QED) is 0.689. The molecule has 22 heavy (non-hydrogen) atoms. The van der Waals surface area contributed by atoms with E-state index in [2.05, 4.69) is 4.90 Å². The number of nitrogens with zero attached hydrogens (tertiary/aromatic N) is 3. The van der Waals surface area contributed by atoms with E-state index < -0.39 is 5.79 Å². The molecule has 0 atom stereocenters. The summed E-state index contributed by atoms with van der Waals surface area (Å²) in [5.41, 5.74) is 0. The lowest BCUT2D eigenvalue weighted by atomic mass is 10.0. The molecule has 0 aliphatic carbocycles. The molecule has 3 fully saturated rings. The Morgan fingerprint density at radius 1 is 0.909 bits per heavy atom. The number of piperidine rings is 1. The van der Waals surface area contributed by atoms with E-state index in [9.17, 15) is 9.59 Å². The molecule has 3 heterocycles. The Balaban J connectivity index is 1.42. The molecule has 0 saturated carbocycles. The average Bonchev–Trinajstić information content (AvgIpc) is 2.96. The zero-order chi connectivity index (χ0) is 15.6. The van der Waals surface area contributed by atoms with Crippen molar-refractivity contribution in [2.24, 2.45) is 0 Å². The van der Waals surface area contributed by atoms with E-state index in [0.29, 0.717) is 45.9 Å². The lowest BCUT2D eigenvalue weighted by Crippen LogP contribution is -2.53. The zero-order valence-electron chi connectivity index (χ0n) is 13.3. The number of amides is 2. The second-order valence-corrected chi connectivity index (χ2v) is 6.27. The van der Waals surface area contributed by atoms with Gasteiger partial charge in [-0.25, -0.2) is 0 Å². The van der Waals surface area contributed by atoms with Crippen molar-refractivity contribution in [3.8, 4) is 0 Å². The van der Waals surface area contributed by atoms with Gasteiger partial charge in [-0.2, -0.15) is 0 Å². The first-order chi connectivity index (χ1) is 10.6. The first-order valence-electron chi connectivity index (χ1n) is 8.12. The molecule has 0 radical (unpaired) electrons. The molecule has 0 unspecified atom stereocenters. The summed E-state index contributed by atoms with van der Waals surface area (Å²) in [6.07, 6.45) is 1.52. The fraction of sp³-hybridized carbons (Fsp3) is 0.867. The maximum atomic E-state index is 12.4. The van der Waals surface area contributed by atoms with E-state index in [-0.39, 0.29) is 11.8 Å². The zero-order valence-corrected chi connectivity index (χ0v) is 13.3. The Labute approximate surface area is 131 Å². The van der Waals surface area contributed by atoms with E-state index in [0.717, 1.165) is 25.9 Å². The van der Waals surface area contributed by atoms with E-state index in [1.165, 1.54) is 0 Å². The fourth-order valence-electron chi connectivity index (χ4n) is 3.39. The summed E-state index contributed by atoms with van der Waals surface area (Å²) in [5, 5.41) is 0. The van der Waals surface area contributed by atoms with Crippen LogP contribution in [0.15, 0.2) is 0 Å². The number of rotatable bonds is 2. The molecular weight excluding hydrogens is 286 g/mol. The molecule has 1 spiro atoms.